The SMILES string of the molecule is O=C(O)C1CCC(C(=O)O)C1=O. The number of aliphatic carboxylic acids is 2. The van der Waals surface area contributed by atoms with Gasteiger partial charge in [-0.2, -0.15) is 0 Å². The normalized spacial score (nSPS) is 28.8. The lowest BCUT2D eigenvalue weighted by Crippen LogP contribution is -2.25. The fourth-order valence-electron chi connectivity index (χ4n) is 1.35. The molecule has 0 aromatic heterocycles. The Bertz CT molecular complexity index is 220. The van der Waals surface area contributed by atoms with Gasteiger partial charge in [-0.3, -0.25) is 14.4 Å². The quantitative estimate of drug-likeness (QED) is 0.560. The smallest absolute Gasteiger partial charge is 0.314 e. The second kappa shape index (κ2) is 2.92. The molecule has 0 radical (unpaired) electrons. The number of carbonyl (C=O) groups is 3. The molecule has 2 unspecified atom stereocenters. The lowest BCUT2D eigenvalue weighted by molar-refractivity contribution is -0.148. The van der Waals surface area contributed by atoms with E-state index < -0.39 is 29.6 Å². The first-order valence-electron chi connectivity index (χ1n) is 3.53. The molecule has 12 heavy (non-hydrogen) atoms. The average Bonchev–Trinajstić information content (AvgIpc) is 2.30. The Morgan fingerprint density at radius 1 is 1.08 bits per heavy atom. The lowest BCUT2D eigenvalue weighted by Gasteiger charge is -2.01. The van der Waals surface area contributed by atoms with Gasteiger partial charge < -0.3 is 10.2 Å². The van der Waals surface area contributed by atoms with Gasteiger partial charge in [0.25, 0.3) is 0 Å². The molecule has 1 fully saturated rings. The van der Waals surface area contributed by atoms with Crippen LogP contribution in [0, 0.1) is 11.8 Å². The Balaban J connectivity index is 2.74. The molecule has 0 aromatic rings. The van der Waals surface area contributed by atoms with Crippen LogP contribution < -0.4 is 0 Å². The molecular formula is C7H8O5. The molecule has 0 spiro atoms. The summed E-state index contributed by atoms with van der Waals surface area (Å²) in [6.07, 6.45) is 0.288. The third-order valence-electron chi connectivity index (χ3n) is 2.03. The number of hydrogen-bond acceptors (Lipinski definition) is 3. The molecule has 1 rings (SSSR count). The van der Waals surface area contributed by atoms with Crippen molar-refractivity contribution < 1.29 is 24.6 Å². The molecule has 0 aromatic carbocycles. The molecule has 1 aliphatic rings. The number of carboxylic acid groups (broad SMARTS) is 2. The van der Waals surface area contributed by atoms with E-state index in [1.807, 2.05) is 0 Å². The van der Waals surface area contributed by atoms with Crippen molar-refractivity contribution in [3.8, 4) is 0 Å². The van der Waals surface area contributed by atoms with Crippen LogP contribution in [0.15, 0.2) is 0 Å². The Hall–Kier alpha value is -1.39. The highest BCUT2D eigenvalue weighted by atomic mass is 16.4. The molecule has 66 valence electrons. The molecule has 0 aliphatic heterocycles. The summed E-state index contributed by atoms with van der Waals surface area (Å²) in [7, 11) is 0. The van der Waals surface area contributed by atoms with E-state index in [-0.39, 0.29) is 12.8 Å². The Kier molecular flexibility index (Phi) is 2.12. The molecule has 0 bridgehead atoms. The number of carbonyl (C=O) groups excluding carboxylic acids is 1. The molecule has 5 nitrogen and oxygen atoms in total. The summed E-state index contributed by atoms with van der Waals surface area (Å²) in [5.74, 6) is -5.32. The highest BCUT2D eigenvalue weighted by Gasteiger charge is 2.42. The van der Waals surface area contributed by atoms with Crippen LogP contribution >= 0.6 is 0 Å². The Morgan fingerprint density at radius 3 is 1.58 bits per heavy atom. The molecule has 0 heterocycles. The molecule has 1 saturated carbocycles. The molecule has 0 amide bonds. The minimum atomic E-state index is -1.22. The van der Waals surface area contributed by atoms with Gasteiger partial charge in [-0.15, -0.1) is 0 Å². The topological polar surface area (TPSA) is 91.7 Å². The van der Waals surface area contributed by atoms with Gasteiger partial charge >= 0.3 is 11.9 Å². The molecule has 1 aliphatic carbocycles. The van der Waals surface area contributed by atoms with Gasteiger partial charge in [-0.05, 0) is 12.8 Å². The largest absolute Gasteiger partial charge is 0.481 e. The highest BCUT2D eigenvalue weighted by Crippen LogP contribution is 2.27. The zero-order chi connectivity index (χ0) is 9.30. The van der Waals surface area contributed by atoms with Crippen molar-refractivity contribution in [1.29, 1.82) is 0 Å². The van der Waals surface area contributed by atoms with Crippen molar-refractivity contribution in [3.63, 3.8) is 0 Å². The molecule has 2 N–H and O–H groups in total. The second-order valence-electron chi connectivity index (χ2n) is 2.76. The summed E-state index contributed by atoms with van der Waals surface area (Å²) in [6.45, 7) is 0. The van der Waals surface area contributed by atoms with Crippen LogP contribution in [-0.4, -0.2) is 27.9 Å². The molecule has 5 heteroatoms. The minimum absolute atomic E-state index is 0.144. The zero-order valence-electron chi connectivity index (χ0n) is 6.19. The summed E-state index contributed by atoms with van der Waals surface area (Å²) < 4.78 is 0. The highest BCUT2D eigenvalue weighted by molar-refractivity contribution is 6.09. The first-order valence-corrected chi connectivity index (χ1v) is 3.53. The van der Waals surface area contributed by atoms with Crippen LogP contribution in [0.4, 0.5) is 0 Å². The second-order valence-corrected chi connectivity index (χ2v) is 2.76. The zero-order valence-corrected chi connectivity index (χ0v) is 6.19. The van der Waals surface area contributed by atoms with E-state index in [9.17, 15) is 14.4 Å². The van der Waals surface area contributed by atoms with Crippen molar-refractivity contribution in [2.75, 3.05) is 0 Å². The summed E-state index contributed by atoms with van der Waals surface area (Å²) in [5, 5.41) is 16.9. The number of carboxylic acids is 2. The van der Waals surface area contributed by atoms with Crippen molar-refractivity contribution in [1.82, 2.24) is 0 Å². The van der Waals surface area contributed by atoms with E-state index in [2.05, 4.69) is 0 Å². The predicted octanol–water partition coefficient (Wildman–Crippen LogP) is -0.249. The summed E-state index contributed by atoms with van der Waals surface area (Å²) >= 11 is 0. The van der Waals surface area contributed by atoms with Gasteiger partial charge in [0.15, 0.2) is 5.78 Å². The third-order valence-corrected chi connectivity index (χ3v) is 2.03. The summed E-state index contributed by atoms with van der Waals surface area (Å²) in [4.78, 5) is 31.8. The predicted molar refractivity (Wildman–Crippen MR) is 36.5 cm³/mol. The number of rotatable bonds is 2. The molecular weight excluding hydrogens is 164 g/mol. The van der Waals surface area contributed by atoms with Gasteiger partial charge in [0.1, 0.15) is 11.8 Å². The van der Waals surface area contributed by atoms with Crippen LogP contribution in [0.5, 0.6) is 0 Å². The lowest BCUT2D eigenvalue weighted by atomic mass is 10.0. The van der Waals surface area contributed by atoms with Gasteiger partial charge in [0.05, 0.1) is 0 Å². The number of hydrogen-bond donors (Lipinski definition) is 2. The van der Waals surface area contributed by atoms with Crippen LogP contribution in [0.1, 0.15) is 12.8 Å². The van der Waals surface area contributed by atoms with E-state index in [4.69, 9.17) is 10.2 Å². The van der Waals surface area contributed by atoms with Crippen LogP contribution in [-0.2, 0) is 14.4 Å². The fourth-order valence-corrected chi connectivity index (χ4v) is 1.35. The van der Waals surface area contributed by atoms with Gasteiger partial charge in [0.2, 0.25) is 0 Å². The van der Waals surface area contributed by atoms with E-state index in [0.29, 0.717) is 0 Å². The van der Waals surface area contributed by atoms with Crippen molar-refractivity contribution in [2.24, 2.45) is 11.8 Å². The van der Waals surface area contributed by atoms with Crippen molar-refractivity contribution >= 4 is 17.7 Å². The summed E-state index contributed by atoms with van der Waals surface area (Å²) in [6, 6.07) is 0. The fraction of sp³-hybridized carbons (Fsp3) is 0.571. The summed E-state index contributed by atoms with van der Waals surface area (Å²) in [5.41, 5.74) is 0. The standard InChI is InChI=1S/C7H8O5/c8-5-3(6(9)10)1-2-4(5)7(11)12/h3-4H,1-2H2,(H,9,10)(H,11,12). The maximum Gasteiger partial charge on any atom is 0.314 e. The van der Waals surface area contributed by atoms with Crippen LogP contribution in [0.3, 0.4) is 0 Å². The first kappa shape index (κ1) is 8.70. The van der Waals surface area contributed by atoms with E-state index in [0.717, 1.165) is 0 Å². The first-order chi connectivity index (χ1) is 5.54. The number of ketones is 1. The van der Waals surface area contributed by atoms with Crippen LogP contribution in [0.2, 0.25) is 0 Å². The van der Waals surface area contributed by atoms with Gasteiger partial charge in [-0.25, -0.2) is 0 Å². The van der Waals surface area contributed by atoms with Crippen molar-refractivity contribution in [2.45, 2.75) is 12.8 Å². The third kappa shape index (κ3) is 1.30. The monoisotopic (exact) mass is 172 g/mol. The Labute approximate surface area is 68.0 Å². The molecule has 0 saturated heterocycles. The minimum Gasteiger partial charge on any atom is -0.481 e. The van der Waals surface area contributed by atoms with Gasteiger partial charge in [-0.1, -0.05) is 0 Å². The van der Waals surface area contributed by atoms with E-state index in [1.165, 1.54) is 0 Å². The average molecular weight is 172 g/mol. The molecule has 2 atom stereocenters. The van der Waals surface area contributed by atoms with E-state index in [1.54, 1.807) is 0 Å². The van der Waals surface area contributed by atoms with Crippen LogP contribution in [0.25, 0.3) is 0 Å². The van der Waals surface area contributed by atoms with Gasteiger partial charge in [0, 0.05) is 0 Å². The Morgan fingerprint density at radius 2 is 1.42 bits per heavy atom. The number of Topliss-reactive ketones (excluding diaryl/α,β-unsaturated/α-hetero) is 1. The maximum absolute atomic E-state index is 11.0. The maximum atomic E-state index is 11.0. The van der Waals surface area contributed by atoms with E-state index >= 15 is 0 Å². The van der Waals surface area contributed by atoms with Crippen molar-refractivity contribution in [3.05, 3.63) is 0 Å².